The molecule has 1 N–H and O–H groups in total. The van der Waals surface area contributed by atoms with Crippen molar-refractivity contribution >= 4 is 28.3 Å². The van der Waals surface area contributed by atoms with Crippen molar-refractivity contribution in [2.24, 2.45) is 0 Å². The number of aromatic nitrogens is 2. The van der Waals surface area contributed by atoms with Crippen molar-refractivity contribution in [2.45, 2.75) is 18.9 Å². The molecule has 3 aromatic heterocycles. The maximum absolute atomic E-state index is 6.21. The van der Waals surface area contributed by atoms with Gasteiger partial charge in [0.2, 0.25) is 5.71 Å². The minimum Gasteiger partial charge on any atom is -0.437 e. The highest BCUT2D eigenvalue weighted by molar-refractivity contribution is 7.13. The first-order valence-corrected chi connectivity index (χ1v) is 10.0. The second kappa shape index (κ2) is 7.13. The Bertz CT molecular complexity index is 1040. The van der Waals surface area contributed by atoms with Gasteiger partial charge >= 0.3 is 0 Å². The summed E-state index contributed by atoms with van der Waals surface area (Å²) in [6.45, 7) is 1.58. The summed E-state index contributed by atoms with van der Waals surface area (Å²) < 4.78 is 11.9. The van der Waals surface area contributed by atoms with E-state index in [1.165, 1.54) is 0 Å². The molecule has 27 heavy (non-hydrogen) atoms. The first-order valence-electron chi connectivity index (χ1n) is 9.12. The third kappa shape index (κ3) is 3.11. The molecule has 5 nitrogen and oxygen atoms in total. The molecule has 1 aliphatic heterocycles. The Morgan fingerprint density at radius 1 is 1.11 bits per heavy atom. The number of hydrogen-bond acceptors (Lipinski definition) is 6. The molecule has 1 unspecified atom stereocenters. The van der Waals surface area contributed by atoms with Crippen LogP contribution >= 0.6 is 11.3 Å². The number of anilines is 1. The smallest absolute Gasteiger partial charge is 0.232 e. The van der Waals surface area contributed by atoms with Crippen molar-refractivity contribution in [2.75, 3.05) is 18.5 Å². The summed E-state index contributed by atoms with van der Waals surface area (Å²) in [5.41, 5.74) is 2.67. The normalized spacial score (nSPS) is 16.8. The number of furan rings is 1. The number of ether oxygens (including phenoxy) is 1. The first-order chi connectivity index (χ1) is 13.4. The maximum Gasteiger partial charge on any atom is 0.232 e. The number of hydrogen-bond donors (Lipinski definition) is 1. The molecule has 0 aliphatic carbocycles. The molecule has 0 spiro atoms. The summed E-state index contributed by atoms with van der Waals surface area (Å²) in [6, 6.07) is 14.3. The third-order valence-electron chi connectivity index (χ3n) is 4.81. The Hall–Kier alpha value is -2.70. The van der Waals surface area contributed by atoms with E-state index in [9.17, 15) is 0 Å². The molecule has 1 fully saturated rings. The van der Waals surface area contributed by atoms with Gasteiger partial charge in [0, 0.05) is 23.6 Å². The van der Waals surface area contributed by atoms with Crippen LogP contribution in [0.25, 0.3) is 32.9 Å². The lowest BCUT2D eigenvalue weighted by Gasteiger charge is -2.12. The van der Waals surface area contributed by atoms with E-state index in [0.717, 1.165) is 59.0 Å². The number of thiophene rings is 1. The molecule has 0 amide bonds. The monoisotopic (exact) mass is 377 g/mol. The van der Waals surface area contributed by atoms with E-state index in [1.54, 1.807) is 17.7 Å². The van der Waals surface area contributed by atoms with Crippen LogP contribution in [0.1, 0.15) is 12.8 Å². The standard InChI is InChI=1S/C21H19N3O2S/c1-2-6-14(7-3-1)19-17(16-9-5-11-27-16)18-20(23-13-24-21(18)26-19)22-12-15-8-4-10-25-15/h1-3,5-7,9,11,13,15H,4,8,10,12H2,(H,22,23,24). The fourth-order valence-electron chi connectivity index (χ4n) is 3.53. The fourth-order valence-corrected chi connectivity index (χ4v) is 4.31. The van der Waals surface area contributed by atoms with E-state index >= 15 is 0 Å². The Balaban J connectivity index is 1.65. The molecule has 5 rings (SSSR count). The van der Waals surface area contributed by atoms with Crippen LogP contribution in [0.2, 0.25) is 0 Å². The topological polar surface area (TPSA) is 60.2 Å². The summed E-state index contributed by atoms with van der Waals surface area (Å²) in [5, 5.41) is 6.47. The van der Waals surface area contributed by atoms with Gasteiger partial charge in [-0.05, 0) is 24.3 Å². The molecule has 4 aromatic rings. The van der Waals surface area contributed by atoms with Crippen molar-refractivity contribution in [3.05, 3.63) is 54.2 Å². The van der Waals surface area contributed by atoms with Crippen LogP contribution in [-0.4, -0.2) is 29.2 Å². The highest BCUT2D eigenvalue weighted by Gasteiger charge is 2.23. The molecule has 1 aromatic carbocycles. The Morgan fingerprint density at radius 3 is 2.81 bits per heavy atom. The van der Waals surface area contributed by atoms with Gasteiger partial charge in [-0.2, -0.15) is 0 Å². The summed E-state index contributed by atoms with van der Waals surface area (Å²) in [7, 11) is 0. The predicted molar refractivity (Wildman–Crippen MR) is 108 cm³/mol. The van der Waals surface area contributed by atoms with Crippen molar-refractivity contribution in [1.29, 1.82) is 0 Å². The molecule has 136 valence electrons. The zero-order chi connectivity index (χ0) is 18.1. The van der Waals surface area contributed by atoms with E-state index in [4.69, 9.17) is 9.15 Å². The largest absolute Gasteiger partial charge is 0.437 e. The molecule has 0 saturated carbocycles. The summed E-state index contributed by atoms with van der Waals surface area (Å²) >= 11 is 1.69. The van der Waals surface area contributed by atoms with Crippen LogP contribution in [0, 0.1) is 0 Å². The number of nitrogens with zero attached hydrogens (tertiary/aromatic N) is 2. The molecule has 4 heterocycles. The number of fused-ring (bicyclic) bond motifs is 1. The average molecular weight is 377 g/mol. The van der Waals surface area contributed by atoms with Gasteiger partial charge in [-0.3, -0.25) is 0 Å². The van der Waals surface area contributed by atoms with Gasteiger partial charge in [0.15, 0.2) is 0 Å². The molecular weight excluding hydrogens is 358 g/mol. The van der Waals surface area contributed by atoms with Gasteiger partial charge in [0.1, 0.15) is 17.9 Å². The maximum atomic E-state index is 6.21. The van der Waals surface area contributed by atoms with Gasteiger partial charge in [0.25, 0.3) is 0 Å². The lowest BCUT2D eigenvalue weighted by Crippen LogP contribution is -2.19. The summed E-state index contributed by atoms with van der Waals surface area (Å²) in [4.78, 5) is 10.0. The second-order valence-electron chi connectivity index (χ2n) is 6.57. The number of rotatable bonds is 5. The van der Waals surface area contributed by atoms with Crippen LogP contribution in [0.3, 0.4) is 0 Å². The lowest BCUT2D eigenvalue weighted by molar-refractivity contribution is 0.120. The van der Waals surface area contributed by atoms with Gasteiger partial charge in [-0.1, -0.05) is 36.4 Å². The van der Waals surface area contributed by atoms with Crippen LogP contribution < -0.4 is 5.32 Å². The van der Waals surface area contributed by atoms with Crippen molar-refractivity contribution in [1.82, 2.24) is 9.97 Å². The minimum atomic E-state index is 0.237. The Morgan fingerprint density at radius 2 is 2.04 bits per heavy atom. The van der Waals surface area contributed by atoms with E-state index in [2.05, 4.69) is 44.9 Å². The van der Waals surface area contributed by atoms with Crippen LogP contribution in [0.5, 0.6) is 0 Å². The molecule has 1 saturated heterocycles. The SMILES string of the molecule is c1ccc(-c2oc3ncnc(NCC4CCCO4)c3c2-c2cccs2)cc1. The summed E-state index contributed by atoms with van der Waals surface area (Å²) in [5.74, 6) is 1.62. The van der Waals surface area contributed by atoms with E-state index < -0.39 is 0 Å². The quantitative estimate of drug-likeness (QED) is 0.517. The zero-order valence-electron chi connectivity index (χ0n) is 14.7. The van der Waals surface area contributed by atoms with E-state index in [-0.39, 0.29) is 6.10 Å². The Kier molecular flexibility index (Phi) is 4.35. The van der Waals surface area contributed by atoms with E-state index in [1.807, 2.05) is 18.2 Å². The average Bonchev–Trinajstić information content (AvgIpc) is 3.47. The number of benzene rings is 1. The lowest BCUT2D eigenvalue weighted by atomic mass is 10.1. The Labute approximate surface area is 161 Å². The fraction of sp³-hybridized carbons (Fsp3) is 0.238. The predicted octanol–water partition coefficient (Wildman–Crippen LogP) is 5.21. The molecule has 0 bridgehead atoms. The molecule has 1 atom stereocenters. The third-order valence-corrected chi connectivity index (χ3v) is 5.70. The highest BCUT2D eigenvalue weighted by atomic mass is 32.1. The van der Waals surface area contributed by atoms with Crippen molar-refractivity contribution in [3.8, 4) is 21.8 Å². The van der Waals surface area contributed by atoms with Gasteiger partial charge in [-0.25, -0.2) is 9.97 Å². The van der Waals surface area contributed by atoms with Crippen LogP contribution in [0.4, 0.5) is 5.82 Å². The molecule has 1 aliphatic rings. The summed E-state index contributed by atoms with van der Waals surface area (Å²) in [6.07, 6.45) is 3.99. The first kappa shape index (κ1) is 16.5. The van der Waals surface area contributed by atoms with Gasteiger partial charge in [0.05, 0.1) is 17.1 Å². The molecular formula is C21H19N3O2S. The van der Waals surface area contributed by atoms with Crippen LogP contribution in [-0.2, 0) is 4.74 Å². The van der Waals surface area contributed by atoms with E-state index in [0.29, 0.717) is 5.71 Å². The van der Waals surface area contributed by atoms with Gasteiger partial charge < -0.3 is 14.5 Å². The molecule has 6 heteroatoms. The highest BCUT2D eigenvalue weighted by Crippen LogP contribution is 2.44. The van der Waals surface area contributed by atoms with Gasteiger partial charge in [-0.15, -0.1) is 11.3 Å². The van der Waals surface area contributed by atoms with Crippen molar-refractivity contribution < 1.29 is 9.15 Å². The number of nitrogens with one attached hydrogen (secondary N) is 1. The minimum absolute atomic E-state index is 0.237. The zero-order valence-corrected chi connectivity index (χ0v) is 15.5. The molecule has 0 radical (unpaired) electrons. The van der Waals surface area contributed by atoms with Crippen molar-refractivity contribution in [3.63, 3.8) is 0 Å². The second-order valence-corrected chi connectivity index (χ2v) is 7.52. The van der Waals surface area contributed by atoms with Crippen LogP contribution in [0.15, 0.2) is 58.6 Å².